The molecule has 5 nitrogen and oxygen atoms in total. The van der Waals surface area contributed by atoms with E-state index in [1.807, 2.05) is 15.9 Å². The van der Waals surface area contributed by atoms with Gasteiger partial charge in [0.25, 0.3) is 0 Å². The van der Waals surface area contributed by atoms with E-state index in [0.29, 0.717) is 11.8 Å². The van der Waals surface area contributed by atoms with E-state index in [2.05, 4.69) is 29.2 Å². The third-order valence-electron chi connectivity index (χ3n) is 6.82. The first-order valence-corrected chi connectivity index (χ1v) is 11.1. The molecule has 0 radical (unpaired) electrons. The van der Waals surface area contributed by atoms with Crippen LogP contribution in [-0.4, -0.2) is 60.9 Å². The fraction of sp³-hybridized carbons (Fsp3) is 0.652. The molecule has 2 saturated heterocycles. The van der Waals surface area contributed by atoms with Gasteiger partial charge in [-0.15, -0.1) is 0 Å². The Morgan fingerprint density at radius 1 is 0.643 bits per heavy atom. The molecule has 0 aromatic heterocycles. The number of benzene rings is 1. The van der Waals surface area contributed by atoms with Gasteiger partial charge in [-0.2, -0.15) is 0 Å². The lowest BCUT2D eigenvalue weighted by atomic mass is 9.87. The molecule has 28 heavy (non-hydrogen) atoms. The van der Waals surface area contributed by atoms with Crippen molar-refractivity contribution in [3.05, 3.63) is 30.3 Å². The van der Waals surface area contributed by atoms with E-state index in [4.69, 9.17) is 0 Å². The predicted octanol–water partition coefficient (Wildman–Crippen LogP) is 3.15. The molecular formula is C23H33N3O2. The van der Waals surface area contributed by atoms with Crippen LogP contribution < -0.4 is 4.90 Å². The number of hydrogen-bond donors (Lipinski definition) is 0. The number of piperazine rings is 1. The lowest BCUT2D eigenvalue weighted by molar-refractivity contribution is -0.143. The zero-order valence-electron chi connectivity index (χ0n) is 16.9. The van der Waals surface area contributed by atoms with Crippen molar-refractivity contribution in [3.63, 3.8) is 0 Å². The minimum absolute atomic E-state index is 0.0960. The second-order valence-electron chi connectivity index (χ2n) is 8.58. The minimum Gasteiger partial charge on any atom is -0.368 e. The number of carbonyl (C=O) groups is 2. The van der Waals surface area contributed by atoms with Gasteiger partial charge < -0.3 is 14.7 Å². The average Bonchev–Trinajstić information content (AvgIpc) is 2.79. The average molecular weight is 384 g/mol. The summed E-state index contributed by atoms with van der Waals surface area (Å²) in [5, 5.41) is 0. The van der Waals surface area contributed by atoms with Crippen LogP contribution in [0.15, 0.2) is 30.3 Å². The Morgan fingerprint density at radius 3 is 1.79 bits per heavy atom. The fourth-order valence-electron chi connectivity index (χ4n) is 5.04. The molecule has 0 atom stereocenters. The molecule has 0 spiro atoms. The number of hydrogen-bond acceptors (Lipinski definition) is 3. The monoisotopic (exact) mass is 383 g/mol. The smallest absolute Gasteiger partial charge is 0.225 e. The van der Waals surface area contributed by atoms with Crippen molar-refractivity contribution < 1.29 is 9.59 Å². The molecule has 1 aromatic carbocycles. The minimum atomic E-state index is 0.0960. The molecule has 4 rings (SSSR count). The van der Waals surface area contributed by atoms with E-state index in [1.54, 1.807) is 0 Å². The van der Waals surface area contributed by atoms with Gasteiger partial charge in [-0.3, -0.25) is 9.59 Å². The largest absolute Gasteiger partial charge is 0.368 e. The Labute approximate surface area is 168 Å². The van der Waals surface area contributed by atoms with Crippen molar-refractivity contribution >= 4 is 17.5 Å². The highest BCUT2D eigenvalue weighted by molar-refractivity contribution is 5.81. The van der Waals surface area contributed by atoms with Crippen molar-refractivity contribution in [2.24, 2.45) is 11.8 Å². The standard InChI is InChI=1S/C23H33N3O2/c27-22(19-7-3-1-4-8-19)25-13-11-20(12-14-25)23(28)26-17-15-24(16-18-26)21-9-5-2-6-10-21/h2,5-6,9-10,19-20H,1,3-4,7-8,11-18H2. The van der Waals surface area contributed by atoms with Crippen molar-refractivity contribution in [2.45, 2.75) is 44.9 Å². The zero-order valence-corrected chi connectivity index (χ0v) is 16.9. The zero-order chi connectivity index (χ0) is 19.3. The van der Waals surface area contributed by atoms with Crippen LogP contribution in [0.5, 0.6) is 0 Å². The Hall–Kier alpha value is -2.04. The number of rotatable bonds is 3. The summed E-state index contributed by atoms with van der Waals surface area (Å²) in [7, 11) is 0. The lowest BCUT2D eigenvalue weighted by Gasteiger charge is -2.40. The first kappa shape index (κ1) is 19.3. The van der Waals surface area contributed by atoms with E-state index in [0.717, 1.165) is 65.0 Å². The number of nitrogens with zero attached hydrogens (tertiary/aromatic N) is 3. The van der Waals surface area contributed by atoms with Crippen LogP contribution in [0.3, 0.4) is 0 Å². The molecule has 3 aliphatic rings. The van der Waals surface area contributed by atoms with Crippen LogP contribution in [0, 0.1) is 11.8 Å². The topological polar surface area (TPSA) is 43.9 Å². The summed E-state index contributed by atoms with van der Waals surface area (Å²) in [6, 6.07) is 10.4. The van der Waals surface area contributed by atoms with Crippen LogP contribution in [0.2, 0.25) is 0 Å². The number of carbonyl (C=O) groups excluding carboxylic acids is 2. The van der Waals surface area contributed by atoms with Crippen molar-refractivity contribution in [2.75, 3.05) is 44.2 Å². The summed E-state index contributed by atoms with van der Waals surface area (Å²) < 4.78 is 0. The first-order valence-electron chi connectivity index (χ1n) is 11.1. The molecule has 1 saturated carbocycles. The van der Waals surface area contributed by atoms with Gasteiger partial charge in [0.15, 0.2) is 0 Å². The summed E-state index contributed by atoms with van der Waals surface area (Å²) >= 11 is 0. The Morgan fingerprint density at radius 2 is 1.18 bits per heavy atom. The lowest BCUT2D eigenvalue weighted by Crippen LogP contribution is -2.52. The highest BCUT2D eigenvalue weighted by atomic mass is 16.2. The summed E-state index contributed by atoms with van der Waals surface area (Å²) in [4.78, 5) is 32.1. The maximum absolute atomic E-state index is 13.0. The van der Waals surface area contributed by atoms with Gasteiger partial charge in [-0.25, -0.2) is 0 Å². The summed E-state index contributed by atoms with van der Waals surface area (Å²) in [5.74, 6) is 0.991. The van der Waals surface area contributed by atoms with Gasteiger partial charge in [-0.1, -0.05) is 37.5 Å². The highest BCUT2D eigenvalue weighted by Crippen LogP contribution is 2.28. The number of piperidine rings is 1. The van der Waals surface area contributed by atoms with Gasteiger partial charge >= 0.3 is 0 Å². The third kappa shape index (κ3) is 4.34. The van der Waals surface area contributed by atoms with Crippen LogP contribution in [0.1, 0.15) is 44.9 Å². The molecule has 5 heteroatoms. The van der Waals surface area contributed by atoms with Crippen LogP contribution in [-0.2, 0) is 9.59 Å². The second kappa shape index (κ2) is 8.97. The van der Waals surface area contributed by atoms with Gasteiger partial charge in [0.1, 0.15) is 0 Å². The number of para-hydroxylation sites is 1. The normalized spacial score (nSPS) is 22.4. The van der Waals surface area contributed by atoms with Gasteiger partial charge in [-0.05, 0) is 37.8 Å². The Balaban J connectivity index is 1.24. The quantitative estimate of drug-likeness (QED) is 0.805. The summed E-state index contributed by atoms with van der Waals surface area (Å²) in [6.45, 7) is 4.92. The molecule has 2 aliphatic heterocycles. The van der Waals surface area contributed by atoms with Crippen molar-refractivity contribution in [1.82, 2.24) is 9.80 Å². The molecule has 0 N–H and O–H groups in total. The van der Waals surface area contributed by atoms with E-state index in [-0.39, 0.29) is 11.8 Å². The van der Waals surface area contributed by atoms with Crippen LogP contribution in [0.4, 0.5) is 5.69 Å². The molecule has 152 valence electrons. The number of anilines is 1. The van der Waals surface area contributed by atoms with E-state index < -0.39 is 0 Å². The summed E-state index contributed by atoms with van der Waals surface area (Å²) in [5.41, 5.74) is 1.24. The SMILES string of the molecule is O=C(C1CCCCC1)N1CCC(C(=O)N2CCN(c3ccccc3)CC2)CC1. The molecule has 2 amide bonds. The van der Waals surface area contributed by atoms with Gasteiger partial charge in [0.05, 0.1) is 0 Å². The fourth-order valence-corrected chi connectivity index (χ4v) is 5.04. The first-order chi connectivity index (χ1) is 13.7. The predicted molar refractivity (Wildman–Crippen MR) is 111 cm³/mol. The Kier molecular flexibility index (Phi) is 6.18. The highest BCUT2D eigenvalue weighted by Gasteiger charge is 2.33. The molecular weight excluding hydrogens is 350 g/mol. The van der Waals surface area contributed by atoms with Crippen LogP contribution in [0.25, 0.3) is 0 Å². The Bertz CT molecular complexity index is 656. The third-order valence-corrected chi connectivity index (χ3v) is 6.82. The van der Waals surface area contributed by atoms with Gasteiger partial charge in [0.2, 0.25) is 11.8 Å². The van der Waals surface area contributed by atoms with E-state index in [9.17, 15) is 9.59 Å². The molecule has 1 aromatic rings. The molecule has 1 aliphatic carbocycles. The van der Waals surface area contributed by atoms with E-state index >= 15 is 0 Å². The maximum Gasteiger partial charge on any atom is 0.225 e. The molecule has 2 heterocycles. The van der Waals surface area contributed by atoms with Crippen molar-refractivity contribution in [1.29, 1.82) is 0 Å². The van der Waals surface area contributed by atoms with Crippen LogP contribution >= 0.6 is 0 Å². The molecule has 3 fully saturated rings. The van der Waals surface area contributed by atoms with Crippen molar-refractivity contribution in [3.8, 4) is 0 Å². The van der Waals surface area contributed by atoms with Gasteiger partial charge in [0, 0.05) is 56.8 Å². The maximum atomic E-state index is 13.0. The summed E-state index contributed by atoms with van der Waals surface area (Å²) in [6.07, 6.45) is 7.44. The second-order valence-corrected chi connectivity index (χ2v) is 8.58. The molecule has 0 bridgehead atoms. The number of likely N-dealkylation sites (tertiary alicyclic amines) is 1. The molecule has 0 unspecified atom stereocenters. The van der Waals surface area contributed by atoms with E-state index in [1.165, 1.54) is 24.9 Å². The number of amides is 2.